The smallest absolute Gasteiger partial charge is 0.269 e. The fourth-order valence-electron chi connectivity index (χ4n) is 0.311. The van der Waals surface area contributed by atoms with E-state index in [4.69, 9.17) is 34.8 Å². The Bertz CT molecular complexity index is 177. The minimum atomic E-state index is -1.30. The molecule has 12 heavy (non-hydrogen) atoms. The summed E-state index contributed by atoms with van der Waals surface area (Å²) < 4.78 is -1.30. The number of hydrogen-bond acceptors (Lipinski definition) is 2. The molecule has 0 N–H and O–H groups in total. The molecule has 0 saturated carbocycles. The highest BCUT2D eigenvalue weighted by Gasteiger charge is 2.26. The number of aliphatic imine (C=N–C) groups is 1. The van der Waals surface area contributed by atoms with Gasteiger partial charge in [0.05, 0.1) is 0 Å². The van der Waals surface area contributed by atoms with Gasteiger partial charge in [-0.3, -0.25) is 4.90 Å². The van der Waals surface area contributed by atoms with Crippen molar-refractivity contribution in [3.8, 4) is 0 Å². The lowest BCUT2D eigenvalue weighted by Crippen LogP contribution is -2.33. The van der Waals surface area contributed by atoms with E-state index in [1.54, 1.807) is 38.0 Å². The molecule has 0 aromatic rings. The Hall–Kier alpha value is 0.300. The lowest BCUT2D eigenvalue weighted by atomic mass is 10.8. The number of rotatable bonds is 2. The molecule has 0 aliphatic heterocycles. The number of alkyl halides is 2. The number of halogens is 3. The van der Waals surface area contributed by atoms with Crippen molar-refractivity contribution in [1.29, 1.82) is 0 Å². The minimum absolute atomic E-state index is 0.258. The van der Waals surface area contributed by atoms with Gasteiger partial charge >= 0.3 is 0 Å². The molecule has 0 aromatic heterocycles. The molecule has 0 fully saturated rings. The average molecular weight is 233 g/mol. The molecule has 0 aliphatic rings. The maximum atomic E-state index is 5.80. The van der Waals surface area contributed by atoms with Crippen LogP contribution in [0.5, 0.6) is 0 Å². The minimum Gasteiger partial charge on any atom is -0.353 e. The summed E-state index contributed by atoms with van der Waals surface area (Å²) in [5.74, 6) is 0. The molecule has 3 nitrogen and oxygen atoms in total. The summed E-state index contributed by atoms with van der Waals surface area (Å²) in [6.45, 7) is 0. The van der Waals surface area contributed by atoms with Crippen LogP contribution in [0.2, 0.25) is 0 Å². The molecule has 0 radical (unpaired) electrons. The van der Waals surface area contributed by atoms with Crippen molar-refractivity contribution < 1.29 is 0 Å². The van der Waals surface area contributed by atoms with Gasteiger partial charge in [-0.1, -0.05) is 23.2 Å². The summed E-state index contributed by atoms with van der Waals surface area (Å²) in [6.07, 6.45) is 0. The van der Waals surface area contributed by atoms with Crippen molar-refractivity contribution in [2.75, 3.05) is 28.2 Å². The monoisotopic (exact) mass is 231 g/mol. The van der Waals surface area contributed by atoms with Crippen molar-refractivity contribution in [1.82, 2.24) is 9.80 Å². The maximum Gasteiger partial charge on any atom is 0.269 e. The third-order valence-electron chi connectivity index (χ3n) is 1.13. The van der Waals surface area contributed by atoms with Crippen molar-refractivity contribution in [2.45, 2.75) is 4.58 Å². The van der Waals surface area contributed by atoms with Crippen LogP contribution >= 0.6 is 34.8 Å². The molecule has 6 heteroatoms. The van der Waals surface area contributed by atoms with Crippen molar-refractivity contribution in [3.63, 3.8) is 0 Å². The molecule has 0 amide bonds. The molecule has 0 saturated heterocycles. The fraction of sp³-hybridized carbons (Fsp3) is 0.833. The molecule has 0 unspecified atom stereocenters. The average Bonchev–Trinajstić information content (AvgIpc) is 1.85. The number of amidine groups is 1. The molecule has 0 aliphatic carbocycles. The number of nitrogens with zero attached hydrogens (tertiary/aromatic N) is 3. The van der Waals surface area contributed by atoms with Gasteiger partial charge < -0.3 is 4.90 Å². The van der Waals surface area contributed by atoms with Gasteiger partial charge in [0.15, 0.2) is 5.29 Å². The van der Waals surface area contributed by atoms with Gasteiger partial charge in [-0.15, -0.1) is 0 Å². The van der Waals surface area contributed by atoms with E-state index in [2.05, 4.69) is 4.99 Å². The molecule has 0 heterocycles. The van der Waals surface area contributed by atoms with Gasteiger partial charge in [0, 0.05) is 14.1 Å². The quantitative estimate of drug-likeness (QED) is 0.313. The first kappa shape index (κ1) is 12.3. The first-order valence-corrected chi connectivity index (χ1v) is 4.38. The zero-order chi connectivity index (χ0) is 9.94. The maximum absolute atomic E-state index is 5.80. The van der Waals surface area contributed by atoms with Crippen LogP contribution in [0, 0.1) is 0 Å². The SMILES string of the molecule is CN(C)C(Cl)=NC(Cl)(Cl)N(C)C. The highest BCUT2D eigenvalue weighted by Crippen LogP contribution is 2.25. The lowest BCUT2D eigenvalue weighted by molar-refractivity contribution is 0.344. The summed E-state index contributed by atoms with van der Waals surface area (Å²) in [7, 11) is 6.93. The number of hydrogen-bond donors (Lipinski definition) is 0. The Labute approximate surface area is 87.9 Å². The van der Waals surface area contributed by atoms with Gasteiger partial charge in [-0.25, -0.2) is 4.99 Å². The van der Waals surface area contributed by atoms with Crippen molar-refractivity contribution >= 4 is 40.1 Å². The highest BCUT2D eigenvalue weighted by molar-refractivity contribution is 6.65. The zero-order valence-corrected chi connectivity index (χ0v) is 9.74. The van der Waals surface area contributed by atoms with E-state index in [0.29, 0.717) is 0 Å². The van der Waals surface area contributed by atoms with Crippen LogP contribution in [0.1, 0.15) is 0 Å². The van der Waals surface area contributed by atoms with E-state index in [1.165, 1.54) is 0 Å². The predicted octanol–water partition coefficient (Wildman–Crippen LogP) is 1.79. The van der Waals surface area contributed by atoms with E-state index in [0.717, 1.165) is 0 Å². The first-order chi connectivity index (χ1) is 5.27. The summed E-state index contributed by atoms with van der Waals surface area (Å²) in [4.78, 5) is 7.03. The van der Waals surface area contributed by atoms with Crippen LogP contribution in [-0.2, 0) is 0 Å². The van der Waals surface area contributed by atoms with Crippen LogP contribution < -0.4 is 0 Å². The van der Waals surface area contributed by atoms with Crippen LogP contribution in [0.3, 0.4) is 0 Å². The molecule has 72 valence electrons. The Morgan fingerprint density at radius 2 is 1.58 bits per heavy atom. The standard InChI is InChI=1S/C6H12Cl3N3/c1-11(2)5(7)10-6(8,9)12(3)4/h1-4H3. The Kier molecular flexibility index (Phi) is 4.62. The molecular formula is C6H12Cl3N3. The van der Waals surface area contributed by atoms with Gasteiger partial charge in [0.2, 0.25) is 0 Å². The summed E-state index contributed by atoms with van der Waals surface area (Å²) >= 11 is 17.3. The molecule has 0 bridgehead atoms. The fourth-order valence-corrected chi connectivity index (χ4v) is 0.680. The highest BCUT2D eigenvalue weighted by atomic mass is 35.5. The van der Waals surface area contributed by atoms with E-state index in [9.17, 15) is 0 Å². The first-order valence-electron chi connectivity index (χ1n) is 3.25. The van der Waals surface area contributed by atoms with Crippen LogP contribution in [-0.4, -0.2) is 47.9 Å². The van der Waals surface area contributed by atoms with Gasteiger partial charge in [-0.2, -0.15) is 0 Å². The van der Waals surface area contributed by atoms with Gasteiger partial charge in [-0.05, 0) is 25.7 Å². The molecule has 0 aromatic carbocycles. The second-order valence-electron chi connectivity index (χ2n) is 2.68. The Balaban J connectivity index is 4.50. The van der Waals surface area contributed by atoms with Crippen LogP contribution in [0.15, 0.2) is 4.99 Å². The Morgan fingerprint density at radius 1 is 1.17 bits per heavy atom. The molecular weight excluding hydrogens is 220 g/mol. The molecule has 0 atom stereocenters. The summed E-state index contributed by atoms with van der Waals surface area (Å²) in [5.41, 5.74) is 0. The summed E-state index contributed by atoms with van der Waals surface area (Å²) in [5, 5.41) is 0.258. The third kappa shape index (κ3) is 3.81. The van der Waals surface area contributed by atoms with E-state index in [1.807, 2.05) is 0 Å². The predicted molar refractivity (Wildman–Crippen MR) is 55.1 cm³/mol. The normalized spacial score (nSPS) is 13.8. The molecule has 0 spiro atoms. The van der Waals surface area contributed by atoms with Crippen LogP contribution in [0.4, 0.5) is 0 Å². The van der Waals surface area contributed by atoms with Crippen molar-refractivity contribution in [3.05, 3.63) is 0 Å². The van der Waals surface area contributed by atoms with Crippen molar-refractivity contribution in [2.24, 2.45) is 4.99 Å². The zero-order valence-electron chi connectivity index (χ0n) is 7.48. The van der Waals surface area contributed by atoms with Gasteiger partial charge in [0.25, 0.3) is 4.58 Å². The lowest BCUT2D eigenvalue weighted by Gasteiger charge is -2.23. The topological polar surface area (TPSA) is 18.8 Å². The third-order valence-corrected chi connectivity index (χ3v) is 2.40. The summed E-state index contributed by atoms with van der Waals surface area (Å²) in [6, 6.07) is 0. The second kappa shape index (κ2) is 4.51. The largest absolute Gasteiger partial charge is 0.353 e. The Morgan fingerprint density at radius 3 is 1.83 bits per heavy atom. The van der Waals surface area contributed by atoms with E-state index in [-0.39, 0.29) is 5.29 Å². The van der Waals surface area contributed by atoms with Gasteiger partial charge in [0.1, 0.15) is 0 Å². The van der Waals surface area contributed by atoms with Crippen LogP contribution in [0.25, 0.3) is 0 Å². The van der Waals surface area contributed by atoms with E-state index < -0.39 is 4.58 Å². The van der Waals surface area contributed by atoms with E-state index >= 15 is 0 Å². The second-order valence-corrected chi connectivity index (χ2v) is 4.26. The molecule has 0 rings (SSSR count).